The Labute approximate surface area is 87.8 Å². The Morgan fingerprint density at radius 3 is 3.13 bits per heavy atom. The van der Waals surface area contributed by atoms with Gasteiger partial charge >= 0.3 is 5.69 Å². The monoisotopic (exact) mass is 218 g/mol. The van der Waals surface area contributed by atoms with E-state index in [9.17, 15) is 4.79 Å². The third-order valence-electron chi connectivity index (χ3n) is 2.08. The number of aromatic nitrogens is 4. The van der Waals surface area contributed by atoms with Crippen molar-refractivity contribution in [2.24, 2.45) is 0 Å². The zero-order valence-corrected chi connectivity index (χ0v) is 8.34. The highest BCUT2D eigenvalue weighted by atomic mass is 32.1. The summed E-state index contributed by atoms with van der Waals surface area (Å²) in [5, 5.41) is 8.15. The molecule has 0 spiro atoms. The quantitative estimate of drug-likeness (QED) is 0.647. The number of rotatable bonds is 1. The van der Waals surface area contributed by atoms with Crippen LogP contribution < -0.4 is 5.69 Å². The largest absolute Gasteiger partial charge is 0.340 e. The normalized spacial score (nSPS) is 10.9. The average molecular weight is 218 g/mol. The van der Waals surface area contributed by atoms with Gasteiger partial charge in [0.1, 0.15) is 0 Å². The van der Waals surface area contributed by atoms with Crippen LogP contribution in [0.2, 0.25) is 0 Å². The molecule has 6 heteroatoms. The van der Waals surface area contributed by atoms with Crippen LogP contribution in [0, 0.1) is 0 Å². The fourth-order valence-corrected chi connectivity index (χ4v) is 2.16. The number of H-pyrrole nitrogens is 2. The first-order valence-electron chi connectivity index (χ1n) is 4.31. The van der Waals surface area contributed by atoms with Crippen LogP contribution >= 0.6 is 11.3 Å². The molecule has 0 bridgehead atoms. The molecule has 0 saturated heterocycles. The Morgan fingerprint density at radius 1 is 1.40 bits per heavy atom. The second-order valence-electron chi connectivity index (χ2n) is 3.05. The van der Waals surface area contributed by atoms with Crippen molar-refractivity contribution in [2.45, 2.75) is 0 Å². The molecule has 0 aliphatic carbocycles. The maximum atomic E-state index is 10.9. The summed E-state index contributed by atoms with van der Waals surface area (Å²) in [6.07, 6.45) is 1.70. The van der Waals surface area contributed by atoms with Crippen LogP contribution in [-0.2, 0) is 0 Å². The van der Waals surface area contributed by atoms with Crippen LogP contribution in [0.4, 0.5) is 0 Å². The van der Waals surface area contributed by atoms with Gasteiger partial charge in [-0.3, -0.25) is 9.97 Å². The van der Waals surface area contributed by atoms with Crippen molar-refractivity contribution in [3.8, 4) is 11.4 Å². The average Bonchev–Trinajstić information content (AvgIpc) is 2.84. The highest BCUT2D eigenvalue weighted by molar-refractivity contribution is 7.17. The van der Waals surface area contributed by atoms with Crippen LogP contribution in [0.25, 0.3) is 21.6 Å². The van der Waals surface area contributed by atoms with Gasteiger partial charge in [-0.2, -0.15) is 5.10 Å². The van der Waals surface area contributed by atoms with Gasteiger partial charge in [0, 0.05) is 11.8 Å². The van der Waals surface area contributed by atoms with Crippen molar-refractivity contribution in [3.05, 3.63) is 34.2 Å². The minimum absolute atomic E-state index is 0.309. The molecule has 3 rings (SSSR count). The molecule has 0 amide bonds. The van der Waals surface area contributed by atoms with Crippen molar-refractivity contribution < 1.29 is 0 Å². The number of thiophene rings is 1. The molecular formula is C9H6N4OS. The van der Waals surface area contributed by atoms with Crippen LogP contribution in [0.3, 0.4) is 0 Å². The molecule has 0 aromatic carbocycles. The number of aromatic amines is 2. The molecule has 3 heterocycles. The number of hydrogen-bond donors (Lipinski definition) is 2. The molecule has 2 N–H and O–H groups in total. The van der Waals surface area contributed by atoms with Gasteiger partial charge < -0.3 is 0 Å². The second-order valence-corrected chi connectivity index (χ2v) is 4.00. The molecule has 0 atom stereocenters. The van der Waals surface area contributed by atoms with Crippen molar-refractivity contribution in [2.75, 3.05) is 0 Å². The second kappa shape index (κ2) is 3.03. The van der Waals surface area contributed by atoms with Crippen molar-refractivity contribution in [1.29, 1.82) is 0 Å². The predicted octanol–water partition coefficient (Wildman–Crippen LogP) is 1.37. The fraction of sp³-hybridized carbons (Fsp3) is 0. The molecule has 74 valence electrons. The molecule has 5 nitrogen and oxygen atoms in total. The van der Waals surface area contributed by atoms with Crippen LogP contribution in [0.15, 0.2) is 28.5 Å². The lowest BCUT2D eigenvalue weighted by molar-refractivity contribution is 1.05. The summed E-state index contributed by atoms with van der Waals surface area (Å²) in [6, 6.07) is 3.91. The predicted molar refractivity (Wildman–Crippen MR) is 57.8 cm³/mol. The summed E-state index contributed by atoms with van der Waals surface area (Å²) >= 11 is 1.61. The van der Waals surface area contributed by atoms with Gasteiger partial charge in [0.05, 0.1) is 10.2 Å². The van der Waals surface area contributed by atoms with Crippen LogP contribution in [0.1, 0.15) is 0 Å². The fourth-order valence-electron chi connectivity index (χ4n) is 1.38. The maximum absolute atomic E-state index is 10.9. The lowest BCUT2D eigenvalue weighted by atomic mass is 10.2. The van der Waals surface area contributed by atoms with Gasteiger partial charge in [-0.15, -0.1) is 11.3 Å². The first-order chi connectivity index (χ1) is 7.33. The summed E-state index contributed by atoms with van der Waals surface area (Å²) in [4.78, 5) is 17.7. The Hall–Kier alpha value is -1.95. The topological polar surface area (TPSA) is 74.4 Å². The lowest BCUT2D eigenvalue weighted by Crippen LogP contribution is -2.00. The van der Waals surface area contributed by atoms with E-state index in [-0.39, 0.29) is 5.69 Å². The summed E-state index contributed by atoms with van der Waals surface area (Å²) < 4.78 is 1.08. The van der Waals surface area contributed by atoms with Crippen molar-refractivity contribution in [1.82, 2.24) is 20.2 Å². The van der Waals surface area contributed by atoms with E-state index in [1.807, 2.05) is 17.5 Å². The van der Waals surface area contributed by atoms with E-state index in [0.717, 1.165) is 15.8 Å². The third-order valence-corrected chi connectivity index (χ3v) is 2.93. The van der Waals surface area contributed by atoms with E-state index in [0.29, 0.717) is 5.82 Å². The van der Waals surface area contributed by atoms with Crippen LogP contribution in [0.5, 0.6) is 0 Å². The van der Waals surface area contributed by atoms with Crippen molar-refractivity contribution in [3.63, 3.8) is 0 Å². The summed E-state index contributed by atoms with van der Waals surface area (Å²) in [5.41, 5.74) is 1.46. The van der Waals surface area contributed by atoms with Gasteiger partial charge in [0.15, 0.2) is 5.82 Å². The number of nitrogens with zero attached hydrogens (tertiary/aromatic N) is 2. The zero-order chi connectivity index (χ0) is 10.3. The van der Waals surface area contributed by atoms with E-state index in [1.54, 1.807) is 17.5 Å². The van der Waals surface area contributed by atoms with Crippen LogP contribution in [-0.4, -0.2) is 20.2 Å². The highest BCUT2D eigenvalue weighted by Gasteiger charge is 2.04. The van der Waals surface area contributed by atoms with E-state index in [1.165, 1.54) is 0 Å². The Balaban J connectivity index is 2.22. The highest BCUT2D eigenvalue weighted by Crippen LogP contribution is 2.22. The molecule has 15 heavy (non-hydrogen) atoms. The SMILES string of the molecule is O=c1[nH]nc(-c2cnc3ccsc3c2)[nH]1. The molecule has 0 aliphatic heterocycles. The van der Waals surface area contributed by atoms with E-state index in [2.05, 4.69) is 20.2 Å². The Morgan fingerprint density at radius 2 is 2.33 bits per heavy atom. The minimum Gasteiger partial charge on any atom is -0.289 e. The van der Waals surface area contributed by atoms with E-state index in [4.69, 9.17) is 0 Å². The first kappa shape index (κ1) is 8.37. The van der Waals surface area contributed by atoms with E-state index >= 15 is 0 Å². The summed E-state index contributed by atoms with van der Waals surface area (Å²) in [6.45, 7) is 0. The molecule has 0 fully saturated rings. The zero-order valence-electron chi connectivity index (χ0n) is 7.52. The Bertz CT molecular complexity index is 666. The van der Waals surface area contributed by atoms with Gasteiger partial charge in [-0.25, -0.2) is 9.89 Å². The van der Waals surface area contributed by atoms with E-state index < -0.39 is 0 Å². The molecule has 3 aromatic rings. The molecular weight excluding hydrogens is 212 g/mol. The first-order valence-corrected chi connectivity index (χ1v) is 5.19. The number of nitrogens with one attached hydrogen (secondary N) is 2. The molecule has 0 saturated carbocycles. The standard InChI is InChI=1S/C9H6N4OS/c14-9-11-8(12-13-9)5-3-7-6(10-4-5)1-2-15-7/h1-4H,(H2,11,12,13,14). The molecule has 0 unspecified atom stereocenters. The van der Waals surface area contributed by atoms with Gasteiger partial charge in [-0.05, 0) is 17.5 Å². The minimum atomic E-state index is -0.309. The maximum Gasteiger partial charge on any atom is 0.340 e. The molecule has 0 radical (unpaired) electrons. The number of hydrogen-bond acceptors (Lipinski definition) is 4. The number of pyridine rings is 1. The van der Waals surface area contributed by atoms with Gasteiger partial charge in [-0.1, -0.05) is 0 Å². The molecule has 0 aliphatic rings. The third kappa shape index (κ3) is 1.35. The molecule has 3 aromatic heterocycles. The lowest BCUT2D eigenvalue weighted by Gasteiger charge is -1.94. The van der Waals surface area contributed by atoms with Gasteiger partial charge in [0.25, 0.3) is 0 Å². The smallest absolute Gasteiger partial charge is 0.289 e. The number of fused-ring (bicyclic) bond motifs is 1. The summed E-state index contributed by atoms with van der Waals surface area (Å²) in [5.74, 6) is 0.516. The van der Waals surface area contributed by atoms with Gasteiger partial charge in [0.2, 0.25) is 0 Å². The Kier molecular flexibility index (Phi) is 1.69. The van der Waals surface area contributed by atoms with Crippen molar-refractivity contribution >= 4 is 21.6 Å². The summed E-state index contributed by atoms with van der Waals surface area (Å²) in [7, 11) is 0.